The van der Waals surface area contributed by atoms with E-state index in [2.05, 4.69) is 5.32 Å². The van der Waals surface area contributed by atoms with Crippen molar-refractivity contribution < 1.29 is 27.3 Å². The third kappa shape index (κ3) is 3.62. The maximum absolute atomic E-state index is 13.0. The minimum absolute atomic E-state index is 0.0729. The van der Waals surface area contributed by atoms with E-state index in [1.807, 2.05) is 0 Å². The van der Waals surface area contributed by atoms with Crippen molar-refractivity contribution in [2.24, 2.45) is 0 Å². The molecule has 1 aromatic carbocycles. The molecule has 6 nitrogen and oxygen atoms in total. The number of carbonyl (C=O) groups excluding carboxylic acids is 1. The number of benzene rings is 1. The van der Waals surface area contributed by atoms with E-state index >= 15 is 0 Å². The first-order valence-corrected chi connectivity index (χ1v) is 6.23. The number of nitro groups is 1. The molecule has 22 heavy (non-hydrogen) atoms. The number of amides is 1. The molecule has 0 bridgehead atoms. The van der Waals surface area contributed by atoms with Crippen LogP contribution in [0.2, 0.25) is 0 Å². The molecule has 0 radical (unpaired) electrons. The zero-order valence-corrected chi connectivity index (χ0v) is 11.1. The van der Waals surface area contributed by atoms with Gasteiger partial charge in [0.2, 0.25) is 5.91 Å². The zero-order chi connectivity index (χ0) is 16.5. The van der Waals surface area contributed by atoms with Crippen LogP contribution in [0.15, 0.2) is 18.2 Å². The van der Waals surface area contributed by atoms with Crippen molar-refractivity contribution in [2.75, 3.05) is 18.4 Å². The quantitative estimate of drug-likeness (QED) is 0.524. The molecule has 1 fully saturated rings. The number of nitro benzene ring substituents is 1. The van der Waals surface area contributed by atoms with Gasteiger partial charge < -0.3 is 10.2 Å². The number of halogens is 4. The molecule has 1 aliphatic heterocycles. The molecule has 1 aliphatic rings. The van der Waals surface area contributed by atoms with E-state index in [9.17, 15) is 32.5 Å². The SMILES string of the molecule is O=C1C(Nc2ccc(F)cc2[N+](=O)[O-])CCN1CC(F)(F)F. The normalized spacial score (nSPS) is 18.6. The Hall–Kier alpha value is -2.39. The molecule has 1 N–H and O–H groups in total. The van der Waals surface area contributed by atoms with E-state index in [4.69, 9.17) is 0 Å². The van der Waals surface area contributed by atoms with Crippen molar-refractivity contribution in [2.45, 2.75) is 18.6 Å². The molecule has 10 heteroatoms. The van der Waals surface area contributed by atoms with E-state index in [1.165, 1.54) is 0 Å². The Morgan fingerprint density at radius 1 is 1.41 bits per heavy atom. The highest BCUT2D eigenvalue weighted by atomic mass is 19.4. The topological polar surface area (TPSA) is 75.5 Å². The molecule has 1 unspecified atom stereocenters. The number of hydrogen-bond donors (Lipinski definition) is 1. The number of alkyl halides is 3. The molecule has 0 spiro atoms. The van der Waals surface area contributed by atoms with E-state index in [0.717, 1.165) is 12.1 Å². The van der Waals surface area contributed by atoms with Gasteiger partial charge in [-0.25, -0.2) is 4.39 Å². The Balaban J connectivity index is 2.13. The van der Waals surface area contributed by atoms with E-state index in [1.54, 1.807) is 0 Å². The Labute approximate surface area is 121 Å². The fourth-order valence-electron chi connectivity index (χ4n) is 2.21. The average molecular weight is 321 g/mol. The summed E-state index contributed by atoms with van der Waals surface area (Å²) in [4.78, 5) is 22.5. The van der Waals surface area contributed by atoms with Gasteiger partial charge in [0.05, 0.1) is 11.0 Å². The van der Waals surface area contributed by atoms with Gasteiger partial charge in [-0.2, -0.15) is 13.2 Å². The van der Waals surface area contributed by atoms with Crippen molar-refractivity contribution in [3.05, 3.63) is 34.1 Å². The van der Waals surface area contributed by atoms with Gasteiger partial charge in [0.15, 0.2) is 0 Å². The molecule has 1 heterocycles. The second-order valence-electron chi connectivity index (χ2n) is 4.78. The van der Waals surface area contributed by atoms with Gasteiger partial charge in [0, 0.05) is 6.54 Å². The summed E-state index contributed by atoms with van der Waals surface area (Å²) < 4.78 is 49.9. The van der Waals surface area contributed by atoms with Crippen LogP contribution in [0.3, 0.4) is 0 Å². The Morgan fingerprint density at radius 2 is 2.09 bits per heavy atom. The summed E-state index contributed by atoms with van der Waals surface area (Å²) >= 11 is 0. The Kier molecular flexibility index (Phi) is 4.20. The first-order valence-electron chi connectivity index (χ1n) is 6.23. The third-order valence-electron chi connectivity index (χ3n) is 3.15. The van der Waals surface area contributed by atoms with Crippen molar-refractivity contribution in [3.63, 3.8) is 0 Å². The average Bonchev–Trinajstić information content (AvgIpc) is 2.71. The van der Waals surface area contributed by atoms with Crippen LogP contribution in [0.1, 0.15) is 6.42 Å². The minimum atomic E-state index is -4.51. The van der Waals surface area contributed by atoms with Crippen molar-refractivity contribution in [1.82, 2.24) is 4.90 Å². The molecular weight excluding hydrogens is 310 g/mol. The summed E-state index contributed by atoms with van der Waals surface area (Å²) in [6, 6.07) is 1.71. The predicted molar refractivity (Wildman–Crippen MR) is 67.7 cm³/mol. The monoisotopic (exact) mass is 321 g/mol. The Morgan fingerprint density at radius 3 is 2.68 bits per heavy atom. The zero-order valence-electron chi connectivity index (χ0n) is 11.1. The van der Waals surface area contributed by atoms with Crippen molar-refractivity contribution >= 4 is 17.3 Å². The lowest BCUT2D eigenvalue weighted by Gasteiger charge is -2.19. The van der Waals surface area contributed by atoms with Gasteiger partial charge in [-0.1, -0.05) is 0 Å². The van der Waals surface area contributed by atoms with E-state index in [0.29, 0.717) is 11.0 Å². The first-order chi connectivity index (χ1) is 10.2. The second-order valence-corrected chi connectivity index (χ2v) is 4.78. The van der Waals surface area contributed by atoms with Crippen molar-refractivity contribution in [1.29, 1.82) is 0 Å². The van der Waals surface area contributed by atoms with Gasteiger partial charge in [-0.15, -0.1) is 0 Å². The Bertz CT molecular complexity index is 606. The number of nitrogens with zero attached hydrogens (tertiary/aromatic N) is 2. The van der Waals surface area contributed by atoms with Crippen LogP contribution in [-0.4, -0.2) is 41.0 Å². The van der Waals surface area contributed by atoms with Crippen LogP contribution in [0, 0.1) is 15.9 Å². The van der Waals surface area contributed by atoms with Gasteiger partial charge in [0.25, 0.3) is 5.69 Å². The highest BCUT2D eigenvalue weighted by Crippen LogP contribution is 2.28. The number of carbonyl (C=O) groups is 1. The highest BCUT2D eigenvalue weighted by molar-refractivity contribution is 5.87. The first kappa shape index (κ1) is 16.0. The largest absolute Gasteiger partial charge is 0.406 e. The lowest BCUT2D eigenvalue weighted by Crippen LogP contribution is -2.39. The summed E-state index contributed by atoms with van der Waals surface area (Å²) in [7, 11) is 0. The van der Waals surface area contributed by atoms with Crippen LogP contribution >= 0.6 is 0 Å². The summed E-state index contributed by atoms with van der Waals surface area (Å²) in [5.74, 6) is -1.62. The lowest BCUT2D eigenvalue weighted by atomic mass is 10.2. The highest BCUT2D eigenvalue weighted by Gasteiger charge is 2.39. The molecular formula is C12H11F4N3O3. The molecule has 0 saturated carbocycles. The molecule has 1 amide bonds. The summed E-state index contributed by atoms with van der Waals surface area (Å²) in [5, 5.41) is 13.4. The van der Waals surface area contributed by atoms with Gasteiger partial charge in [0.1, 0.15) is 24.1 Å². The van der Waals surface area contributed by atoms with E-state index < -0.39 is 41.1 Å². The van der Waals surface area contributed by atoms with Crippen LogP contribution in [0.25, 0.3) is 0 Å². The number of nitrogens with one attached hydrogen (secondary N) is 1. The standard InChI is InChI=1S/C12H11F4N3O3/c13-7-1-2-8(10(5-7)19(21)22)17-9-3-4-18(11(9)20)6-12(14,15)16/h1-2,5,9,17H,3-4,6H2. The van der Waals surface area contributed by atoms with Gasteiger partial charge in [-0.3, -0.25) is 14.9 Å². The maximum Gasteiger partial charge on any atom is 0.406 e. The lowest BCUT2D eigenvalue weighted by molar-refractivity contribution is -0.384. The fourth-order valence-corrected chi connectivity index (χ4v) is 2.21. The van der Waals surface area contributed by atoms with Gasteiger partial charge in [-0.05, 0) is 18.6 Å². The molecule has 0 aromatic heterocycles. The summed E-state index contributed by atoms with van der Waals surface area (Å²) in [6.45, 7) is -1.47. The van der Waals surface area contributed by atoms with Crippen LogP contribution in [0.5, 0.6) is 0 Å². The van der Waals surface area contributed by atoms with Crippen LogP contribution in [0.4, 0.5) is 28.9 Å². The van der Waals surface area contributed by atoms with Crippen molar-refractivity contribution in [3.8, 4) is 0 Å². The van der Waals surface area contributed by atoms with Crippen LogP contribution < -0.4 is 5.32 Å². The summed E-state index contributed by atoms with van der Waals surface area (Å²) in [5.41, 5.74) is -0.694. The van der Waals surface area contributed by atoms with Crippen LogP contribution in [-0.2, 0) is 4.79 Å². The third-order valence-corrected chi connectivity index (χ3v) is 3.15. The minimum Gasteiger partial charge on any atom is -0.368 e. The number of hydrogen-bond acceptors (Lipinski definition) is 4. The number of anilines is 1. The number of likely N-dealkylation sites (tertiary alicyclic amines) is 1. The summed E-state index contributed by atoms with van der Waals surface area (Å²) in [6.07, 6.45) is -4.43. The molecule has 0 aliphatic carbocycles. The fraction of sp³-hybridized carbons (Fsp3) is 0.417. The molecule has 120 valence electrons. The van der Waals surface area contributed by atoms with E-state index in [-0.39, 0.29) is 18.7 Å². The molecule has 1 atom stereocenters. The predicted octanol–water partition coefficient (Wildman–Crippen LogP) is 2.31. The molecule has 1 aromatic rings. The second kappa shape index (κ2) is 5.78. The number of rotatable bonds is 4. The molecule has 1 saturated heterocycles. The van der Waals surface area contributed by atoms with Gasteiger partial charge >= 0.3 is 6.18 Å². The smallest absolute Gasteiger partial charge is 0.368 e. The maximum atomic E-state index is 13.0. The molecule has 2 rings (SSSR count).